The van der Waals surface area contributed by atoms with Gasteiger partial charge in [-0.15, -0.1) is 0 Å². The smallest absolute Gasteiger partial charge is 0.0701 e. The second kappa shape index (κ2) is 16.4. The first-order chi connectivity index (χ1) is 8.91. The van der Waals surface area contributed by atoms with E-state index < -0.39 is 0 Å². The molecule has 0 aromatic rings. The van der Waals surface area contributed by atoms with Crippen molar-refractivity contribution in [2.24, 2.45) is 0 Å². The molecule has 0 amide bonds. The van der Waals surface area contributed by atoms with Crippen LogP contribution in [0.15, 0.2) is 12.8 Å². The highest BCUT2D eigenvalue weighted by Gasteiger charge is 1.92. The molecule has 0 aromatic heterocycles. The molecule has 4 nitrogen and oxygen atoms in total. The van der Waals surface area contributed by atoms with Crippen molar-refractivity contribution >= 4 is 0 Å². The molecule has 0 unspecified atom stereocenters. The van der Waals surface area contributed by atoms with Crippen LogP contribution in [-0.2, 0) is 14.2 Å². The van der Waals surface area contributed by atoms with Gasteiger partial charge in [0.15, 0.2) is 0 Å². The van der Waals surface area contributed by atoms with Crippen molar-refractivity contribution in [3.8, 4) is 0 Å². The Morgan fingerprint density at radius 2 is 1.44 bits per heavy atom. The summed E-state index contributed by atoms with van der Waals surface area (Å²) in [4.78, 5) is 0. The van der Waals surface area contributed by atoms with Crippen LogP contribution < -0.4 is 5.32 Å². The number of hydrogen-bond donors (Lipinski definition) is 1. The molecule has 0 heterocycles. The van der Waals surface area contributed by atoms with E-state index in [0.717, 1.165) is 19.6 Å². The summed E-state index contributed by atoms with van der Waals surface area (Å²) in [6.45, 7) is 10.7. The number of nitrogens with one attached hydrogen (secondary N) is 1. The van der Waals surface area contributed by atoms with Crippen LogP contribution in [0.1, 0.15) is 32.6 Å². The average Bonchev–Trinajstić information content (AvgIpc) is 2.39. The quantitative estimate of drug-likeness (QED) is 0.458. The van der Waals surface area contributed by atoms with E-state index in [1.54, 1.807) is 6.20 Å². The molecule has 0 aliphatic carbocycles. The highest BCUT2D eigenvalue weighted by molar-refractivity contribution is 4.61. The van der Waals surface area contributed by atoms with Gasteiger partial charge in [0.25, 0.3) is 0 Å². The molecule has 0 atom stereocenters. The Bertz CT molecular complexity index is 165. The van der Waals surface area contributed by atoms with E-state index in [0.29, 0.717) is 33.0 Å². The van der Waals surface area contributed by atoms with E-state index in [4.69, 9.17) is 14.2 Å². The first-order valence-corrected chi connectivity index (χ1v) is 6.99. The summed E-state index contributed by atoms with van der Waals surface area (Å²) in [7, 11) is 0. The lowest BCUT2D eigenvalue weighted by atomic mass is 10.2. The maximum absolute atomic E-state index is 5.45. The van der Waals surface area contributed by atoms with Crippen LogP contribution in [0, 0.1) is 0 Å². The molecule has 0 aromatic carbocycles. The summed E-state index contributed by atoms with van der Waals surface area (Å²) >= 11 is 0. The first-order valence-electron chi connectivity index (χ1n) is 6.99. The van der Waals surface area contributed by atoms with Gasteiger partial charge in [0.05, 0.1) is 33.0 Å². The molecule has 4 heteroatoms. The minimum absolute atomic E-state index is 0.632. The third kappa shape index (κ3) is 15.4. The third-order valence-corrected chi connectivity index (χ3v) is 2.42. The topological polar surface area (TPSA) is 39.7 Å². The second-order valence-electron chi connectivity index (χ2n) is 4.06. The number of unbranched alkanes of at least 4 members (excludes halogenated alkanes) is 3. The zero-order valence-corrected chi connectivity index (χ0v) is 11.8. The van der Waals surface area contributed by atoms with Crippen molar-refractivity contribution in [1.82, 2.24) is 5.32 Å². The standard InChI is InChI=1S/C14H29NO3/c1-3-5-6-7-9-16-11-13-18-14-12-17-10-8-15-4-2/h4,15H,2-3,5-14H2,1H3. The largest absolute Gasteiger partial charge is 0.389 e. The lowest BCUT2D eigenvalue weighted by Crippen LogP contribution is -2.16. The number of hydrogen-bond acceptors (Lipinski definition) is 4. The van der Waals surface area contributed by atoms with E-state index in [1.807, 2.05) is 0 Å². The van der Waals surface area contributed by atoms with Gasteiger partial charge in [0.2, 0.25) is 0 Å². The van der Waals surface area contributed by atoms with Gasteiger partial charge < -0.3 is 19.5 Å². The molecule has 0 rings (SSSR count). The maximum Gasteiger partial charge on any atom is 0.0701 e. The minimum atomic E-state index is 0.632. The Hall–Kier alpha value is -0.580. The predicted molar refractivity (Wildman–Crippen MR) is 74.8 cm³/mol. The molecule has 18 heavy (non-hydrogen) atoms. The summed E-state index contributed by atoms with van der Waals surface area (Å²) in [6.07, 6.45) is 6.66. The molecule has 0 saturated carbocycles. The van der Waals surface area contributed by atoms with Crippen LogP contribution in [0.3, 0.4) is 0 Å². The Balaban J connectivity index is 2.88. The van der Waals surface area contributed by atoms with Crippen molar-refractivity contribution in [3.05, 3.63) is 12.8 Å². The zero-order valence-electron chi connectivity index (χ0n) is 11.8. The second-order valence-corrected chi connectivity index (χ2v) is 4.06. The van der Waals surface area contributed by atoms with E-state index in [2.05, 4.69) is 18.8 Å². The van der Waals surface area contributed by atoms with E-state index in [-0.39, 0.29) is 0 Å². The average molecular weight is 259 g/mol. The monoisotopic (exact) mass is 259 g/mol. The first kappa shape index (κ1) is 17.4. The summed E-state index contributed by atoms with van der Waals surface area (Å²) in [6, 6.07) is 0. The highest BCUT2D eigenvalue weighted by Crippen LogP contribution is 1.98. The van der Waals surface area contributed by atoms with Crippen LogP contribution in [0.5, 0.6) is 0 Å². The van der Waals surface area contributed by atoms with E-state index in [9.17, 15) is 0 Å². The molecule has 0 aliphatic rings. The fourth-order valence-electron chi connectivity index (χ4n) is 1.41. The van der Waals surface area contributed by atoms with Gasteiger partial charge in [0, 0.05) is 13.2 Å². The summed E-state index contributed by atoms with van der Waals surface area (Å²) in [5.74, 6) is 0. The minimum Gasteiger partial charge on any atom is -0.389 e. The Labute approximate surface area is 112 Å². The van der Waals surface area contributed by atoms with Gasteiger partial charge in [-0.1, -0.05) is 32.8 Å². The van der Waals surface area contributed by atoms with Crippen molar-refractivity contribution < 1.29 is 14.2 Å². The van der Waals surface area contributed by atoms with Crippen molar-refractivity contribution in [3.63, 3.8) is 0 Å². The molecule has 0 bridgehead atoms. The van der Waals surface area contributed by atoms with E-state index in [1.165, 1.54) is 19.3 Å². The Morgan fingerprint density at radius 1 is 0.833 bits per heavy atom. The number of ether oxygens (including phenoxy) is 3. The molecule has 1 N–H and O–H groups in total. The van der Waals surface area contributed by atoms with Crippen molar-refractivity contribution in [1.29, 1.82) is 0 Å². The molecular formula is C14H29NO3. The molecule has 0 aliphatic heterocycles. The van der Waals surface area contributed by atoms with Gasteiger partial charge in [0.1, 0.15) is 0 Å². The lowest BCUT2D eigenvalue weighted by Gasteiger charge is -2.06. The fourth-order valence-corrected chi connectivity index (χ4v) is 1.41. The van der Waals surface area contributed by atoms with Gasteiger partial charge in [-0.05, 0) is 12.6 Å². The maximum atomic E-state index is 5.45. The Kier molecular flexibility index (Phi) is 15.9. The van der Waals surface area contributed by atoms with Crippen molar-refractivity contribution in [2.75, 3.05) is 46.2 Å². The van der Waals surface area contributed by atoms with Crippen LogP contribution in [-0.4, -0.2) is 46.2 Å². The summed E-state index contributed by atoms with van der Waals surface area (Å²) < 4.78 is 16.2. The fraction of sp³-hybridized carbons (Fsp3) is 0.857. The van der Waals surface area contributed by atoms with Crippen LogP contribution in [0.25, 0.3) is 0 Å². The summed E-state index contributed by atoms with van der Waals surface area (Å²) in [5, 5.41) is 2.97. The normalized spacial score (nSPS) is 10.5. The molecule has 0 spiro atoms. The molecule has 0 saturated heterocycles. The van der Waals surface area contributed by atoms with Crippen LogP contribution >= 0.6 is 0 Å². The molecule has 0 radical (unpaired) electrons. The highest BCUT2D eigenvalue weighted by atomic mass is 16.5. The van der Waals surface area contributed by atoms with Crippen molar-refractivity contribution in [2.45, 2.75) is 32.6 Å². The number of rotatable bonds is 15. The predicted octanol–water partition coefficient (Wildman–Crippen LogP) is 2.35. The third-order valence-electron chi connectivity index (χ3n) is 2.42. The van der Waals surface area contributed by atoms with Gasteiger partial charge in [-0.3, -0.25) is 0 Å². The molecular weight excluding hydrogens is 230 g/mol. The van der Waals surface area contributed by atoms with Gasteiger partial charge in [-0.25, -0.2) is 0 Å². The van der Waals surface area contributed by atoms with Crippen LogP contribution in [0.4, 0.5) is 0 Å². The van der Waals surface area contributed by atoms with Crippen LogP contribution in [0.2, 0.25) is 0 Å². The zero-order chi connectivity index (χ0) is 13.3. The SMILES string of the molecule is C=CNCCOCCOCCOCCCCCC. The van der Waals surface area contributed by atoms with E-state index >= 15 is 0 Å². The van der Waals surface area contributed by atoms with Gasteiger partial charge in [-0.2, -0.15) is 0 Å². The Morgan fingerprint density at radius 3 is 2.06 bits per heavy atom. The summed E-state index contributed by atoms with van der Waals surface area (Å²) in [5.41, 5.74) is 0. The lowest BCUT2D eigenvalue weighted by molar-refractivity contribution is 0.0148. The van der Waals surface area contributed by atoms with Gasteiger partial charge >= 0.3 is 0 Å². The molecule has 0 fully saturated rings. The molecule has 108 valence electrons.